The summed E-state index contributed by atoms with van der Waals surface area (Å²) in [6.07, 6.45) is 7.68. The van der Waals surface area contributed by atoms with Crippen molar-refractivity contribution in [2.75, 3.05) is 62.6 Å². The van der Waals surface area contributed by atoms with E-state index in [0.717, 1.165) is 100 Å². The van der Waals surface area contributed by atoms with Gasteiger partial charge in [0.2, 0.25) is 5.95 Å². The molecule has 3 aromatic rings. The molecule has 2 unspecified atom stereocenters. The summed E-state index contributed by atoms with van der Waals surface area (Å²) < 4.78 is 0. The average molecular weight is 560 g/mol. The number of aromatic nitrogens is 3. The number of benzene rings is 1. The molecule has 9 rings (SSSR count). The SMILES string of the molecule is CC.CC.NC1CC2CCNCCN3CCN(CC3)Cc3cccc(c3)Nc3cc(ccn3)-c3cnc(nc3)N2C1. The second kappa shape index (κ2) is 15.8. The van der Waals surface area contributed by atoms with Crippen LogP contribution >= 0.6 is 0 Å². The Kier molecular flexibility index (Phi) is 11.9. The fourth-order valence-corrected chi connectivity index (χ4v) is 5.72. The van der Waals surface area contributed by atoms with E-state index in [2.05, 4.69) is 60.6 Å². The quantitative estimate of drug-likeness (QED) is 0.371. The standard InChI is InChI=1S/C28H37N9.2C2H6/c29-24-16-26-5-6-30-8-9-35-10-12-36(13-11-35)19-21-2-1-3-25(14-21)34-27-15-22(4-7-31-27)23-17-32-28(33-18-23)37(26)20-24;2*1-2/h1-4,7,14-15,17-18,24,26,30H,5-6,8-13,16,19-20,29H2,(H,31,34);2*1-2H3. The smallest absolute Gasteiger partial charge is 0.225 e. The van der Waals surface area contributed by atoms with Crippen LogP contribution in [0.25, 0.3) is 11.1 Å². The zero-order chi connectivity index (χ0) is 29.0. The molecule has 6 aliphatic rings. The minimum Gasteiger partial charge on any atom is -0.340 e. The summed E-state index contributed by atoms with van der Waals surface area (Å²) in [6.45, 7) is 17.3. The van der Waals surface area contributed by atoms with E-state index < -0.39 is 0 Å². The van der Waals surface area contributed by atoms with Gasteiger partial charge in [-0.2, -0.15) is 0 Å². The topological polar surface area (TPSA) is 98.5 Å². The van der Waals surface area contributed by atoms with E-state index in [0.29, 0.717) is 6.04 Å². The maximum absolute atomic E-state index is 6.35. The number of pyridine rings is 1. The van der Waals surface area contributed by atoms with Crippen molar-refractivity contribution in [3.05, 3.63) is 60.6 Å². The summed E-state index contributed by atoms with van der Waals surface area (Å²) in [5.74, 6) is 1.57. The van der Waals surface area contributed by atoms with Crippen LogP contribution in [0.2, 0.25) is 0 Å². The molecule has 0 spiro atoms. The van der Waals surface area contributed by atoms with Crippen LogP contribution in [-0.4, -0.2) is 89.2 Å². The van der Waals surface area contributed by atoms with Crippen molar-refractivity contribution >= 4 is 17.5 Å². The van der Waals surface area contributed by atoms with Crippen molar-refractivity contribution in [2.45, 2.75) is 59.2 Å². The van der Waals surface area contributed by atoms with E-state index in [-0.39, 0.29) is 6.04 Å². The maximum Gasteiger partial charge on any atom is 0.225 e. The molecular weight excluding hydrogens is 510 g/mol. The average Bonchev–Trinajstić information content (AvgIpc) is 3.40. The lowest BCUT2D eigenvalue weighted by Crippen LogP contribution is -2.47. The van der Waals surface area contributed by atoms with Crippen LogP contribution in [-0.2, 0) is 6.54 Å². The zero-order valence-electron chi connectivity index (χ0n) is 25.4. The van der Waals surface area contributed by atoms with Crippen LogP contribution in [0, 0.1) is 0 Å². The number of nitrogens with zero attached hydrogens (tertiary/aromatic N) is 6. The van der Waals surface area contributed by atoms with E-state index >= 15 is 0 Å². The van der Waals surface area contributed by atoms with E-state index in [9.17, 15) is 0 Å². The lowest BCUT2D eigenvalue weighted by Gasteiger charge is -2.34. The van der Waals surface area contributed by atoms with Crippen LogP contribution in [0.3, 0.4) is 0 Å². The van der Waals surface area contributed by atoms with Gasteiger partial charge >= 0.3 is 0 Å². The van der Waals surface area contributed by atoms with Gasteiger partial charge in [0, 0.05) is 94.3 Å². The first-order chi connectivity index (χ1) is 20.2. The van der Waals surface area contributed by atoms with Crippen molar-refractivity contribution in [3.63, 3.8) is 0 Å². The molecule has 2 saturated heterocycles. The van der Waals surface area contributed by atoms with Gasteiger partial charge in [0.05, 0.1) is 0 Å². The van der Waals surface area contributed by atoms with Gasteiger partial charge in [0.15, 0.2) is 0 Å². The molecule has 2 atom stereocenters. The fourth-order valence-electron chi connectivity index (χ4n) is 5.72. The molecular formula is C32H49N9. The summed E-state index contributed by atoms with van der Waals surface area (Å²) in [4.78, 5) is 21.5. The highest BCUT2D eigenvalue weighted by Crippen LogP contribution is 2.27. The Bertz CT molecular complexity index is 1180. The highest BCUT2D eigenvalue weighted by Gasteiger charge is 2.31. The van der Waals surface area contributed by atoms with Crippen molar-refractivity contribution in [3.8, 4) is 11.1 Å². The van der Waals surface area contributed by atoms with Gasteiger partial charge in [-0.25, -0.2) is 15.0 Å². The first-order valence-corrected chi connectivity index (χ1v) is 15.5. The number of hydrogen-bond donors (Lipinski definition) is 3. The molecule has 0 amide bonds. The Morgan fingerprint density at radius 2 is 1.59 bits per heavy atom. The number of anilines is 3. The molecule has 2 fully saturated rings. The lowest BCUT2D eigenvalue weighted by molar-refractivity contribution is 0.128. The summed E-state index contributed by atoms with van der Waals surface area (Å²) in [6, 6.07) is 13.2. The number of rotatable bonds is 0. The highest BCUT2D eigenvalue weighted by molar-refractivity contribution is 5.68. The third kappa shape index (κ3) is 8.45. The molecule has 41 heavy (non-hydrogen) atoms. The Hall–Kier alpha value is -3.11. The number of hydrogen-bond acceptors (Lipinski definition) is 9. The first kappa shape index (κ1) is 30.8. The van der Waals surface area contributed by atoms with E-state index in [1.165, 1.54) is 5.56 Å². The largest absolute Gasteiger partial charge is 0.340 e. The molecule has 222 valence electrons. The van der Waals surface area contributed by atoms with Crippen LogP contribution < -0.4 is 21.3 Å². The van der Waals surface area contributed by atoms with Gasteiger partial charge in [-0.15, -0.1) is 0 Å². The minimum absolute atomic E-state index is 0.162. The predicted octanol–water partition coefficient (Wildman–Crippen LogP) is 4.35. The summed E-state index contributed by atoms with van der Waals surface area (Å²) in [5, 5.41) is 7.15. The summed E-state index contributed by atoms with van der Waals surface area (Å²) in [7, 11) is 0. The van der Waals surface area contributed by atoms with Crippen molar-refractivity contribution < 1.29 is 0 Å². The van der Waals surface area contributed by atoms with Crippen molar-refractivity contribution in [1.29, 1.82) is 0 Å². The Labute approximate surface area is 246 Å². The van der Waals surface area contributed by atoms with Gasteiger partial charge < -0.3 is 21.3 Å². The van der Waals surface area contributed by atoms with Crippen molar-refractivity contribution in [1.82, 2.24) is 30.1 Å². The van der Waals surface area contributed by atoms with Gasteiger partial charge in [-0.1, -0.05) is 39.8 Å². The van der Waals surface area contributed by atoms with E-state index in [1.54, 1.807) is 0 Å². The number of nitrogens with one attached hydrogen (secondary N) is 2. The van der Waals surface area contributed by atoms with Crippen LogP contribution in [0.5, 0.6) is 0 Å². The van der Waals surface area contributed by atoms with E-state index in [4.69, 9.17) is 15.7 Å². The Balaban J connectivity index is 0.000000929. The fraction of sp³-hybridized carbons (Fsp3) is 0.531. The van der Waals surface area contributed by atoms with Crippen LogP contribution in [0.1, 0.15) is 46.1 Å². The number of nitrogens with two attached hydrogens (primary N) is 1. The normalized spacial score (nSPS) is 24.2. The molecule has 9 heteroatoms. The van der Waals surface area contributed by atoms with E-state index in [1.807, 2.05) is 52.4 Å². The van der Waals surface area contributed by atoms with Gasteiger partial charge in [0.1, 0.15) is 5.82 Å². The van der Waals surface area contributed by atoms with Gasteiger partial charge in [0.25, 0.3) is 0 Å². The highest BCUT2D eigenvalue weighted by atomic mass is 15.3. The third-order valence-electron chi connectivity index (χ3n) is 7.76. The maximum atomic E-state index is 6.35. The Morgan fingerprint density at radius 3 is 2.37 bits per heavy atom. The minimum atomic E-state index is 0.162. The monoisotopic (exact) mass is 559 g/mol. The molecule has 0 aliphatic carbocycles. The zero-order valence-corrected chi connectivity index (χ0v) is 25.4. The van der Waals surface area contributed by atoms with Crippen LogP contribution in [0.4, 0.5) is 17.5 Å². The predicted molar refractivity (Wildman–Crippen MR) is 171 cm³/mol. The Morgan fingerprint density at radius 1 is 0.829 bits per heavy atom. The second-order valence-corrected chi connectivity index (χ2v) is 10.5. The number of piperazine rings is 1. The van der Waals surface area contributed by atoms with Gasteiger partial charge in [-0.3, -0.25) is 9.80 Å². The molecule has 0 saturated carbocycles. The molecule has 6 aliphatic heterocycles. The lowest BCUT2D eigenvalue weighted by atomic mass is 10.1. The summed E-state index contributed by atoms with van der Waals surface area (Å²) in [5.41, 5.74) is 10.7. The molecule has 8 heterocycles. The molecule has 9 nitrogen and oxygen atoms in total. The first-order valence-electron chi connectivity index (χ1n) is 15.5. The molecule has 1 aromatic carbocycles. The second-order valence-electron chi connectivity index (χ2n) is 10.5. The van der Waals surface area contributed by atoms with Crippen molar-refractivity contribution in [2.24, 2.45) is 5.73 Å². The molecule has 8 bridgehead atoms. The third-order valence-corrected chi connectivity index (χ3v) is 7.76. The molecule has 4 N–H and O–H groups in total. The van der Waals surface area contributed by atoms with Crippen LogP contribution in [0.15, 0.2) is 55.0 Å². The molecule has 2 aromatic heterocycles. The molecule has 0 radical (unpaired) electrons. The summed E-state index contributed by atoms with van der Waals surface area (Å²) >= 11 is 0. The van der Waals surface area contributed by atoms with Gasteiger partial charge in [-0.05, 0) is 54.8 Å².